The third-order valence-electron chi connectivity index (χ3n) is 3.33. The highest BCUT2D eigenvalue weighted by atomic mass is 35.5. The molecular weight excluding hydrogens is 208 g/mol. The van der Waals surface area contributed by atoms with Gasteiger partial charge in [0.1, 0.15) is 0 Å². The van der Waals surface area contributed by atoms with Crippen LogP contribution >= 0.6 is 0 Å². The summed E-state index contributed by atoms with van der Waals surface area (Å²) in [6, 6.07) is 0.641. The summed E-state index contributed by atoms with van der Waals surface area (Å²) < 4.78 is 0. The molecule has 15 heavy (non-hydrogen) atoms. The normalized spacial score (nSPS) is 23.6. The molecule has 2 atom stereocenters. The van der Waals surface area contributed by atoms with Gasteiger partial charge < -0.3 is 12.4 Å². The van der Waals surface area contributed by atoms with Gasteiger partial charge in [0, 0.05) is 6.42 Å². The van der Waals surface area contributed by atoms with Gasteiger partial charge in [-0.1, -0.05) is 20.3 Å². The maximum Gasteiger partial charge on any atom is 0.240 e. The Morgan fingerprint density at radius 2 is 2.13 bits per heavy atom. The summed E-state index contributed by atoms with van der Waals surface area (Å²) in [5.74, 6) is 1.83. The zero-order chi connectivity index (χ0) is 10.4. The molecule has 3 heteroatoms. The van der Waals surface area contributed by atoms with E-state index in [1.165, 1.54) is 38.5 Å². The standard InChI is InChI=1S/C12H24N2.ClH/c1-3-7-10(4-2)11-8-5-6-9-12(13)14-11;/h10-11H,3-9H2,1-2H3,(H2,13,14);1H. The van der Waals surface area contributed by atoms with Crippen molar-refractivity contribution in [2.75, 3.05) is 0 Å². The largest absolute Gasteiger partial charge is 1.00 e. The Morgan fingerprint density at radius 3 is 2.73 bits per heavy atom. The minimum atomic E-state index is 0. The Morgan fingerprint density at radius 1 is 1.40 bits per heavy atom. The molecular formula is C12H25ClN2. The topological polar surface area (TPSA) is 40.0 Å². The highest BCUT2D eigenvalue weighted by Crippen LogP contribution is 2.18. The minimum Gasteiger partial charge on any atom is -1.00 e. The van der Waals surface area contributed by atoms with Crippen molar-refractivity contribution in [3.05, 3.63) is 0 Å². The molecule has 1 heterocycles. The first-order chi connectivity index (χ1) is 6.77. The lowest BCUT2D eigenvalue weighted by molar-refractivity contribution is -0.516. The van der Waals surface area contributed by atoms with Crippen LogP contribution in [0.5, 0.6) is 0 Å². The van der Waals surface area contributed by atoms with Crippen LogP contribution in [0.3, 0.4) is 0 Å². The summed E-state index contributed by atoms with van der Waals surface area (Å²) in [6.45, 7) is 4.57. The van der Waals surface area contributed by atoms with Crippen molar-refractivity contribution in [1.29, 1.82) is 0 Å². The third kappa shape index (κ3) is 4.87. The van der Waals surface area contributed by atoms with Crippen LogP contribution in [0.15, 0.2) is 0 Å². The number of halogens is 1. The van der Waals surface area contributed by atoms with Crippen molar-refractivity contribution in [2.45, 2.75) is 64.8 Å². The van der Waals surface area contributed by atoms with E-state index < -0.39 is 0 Å². The number of amidine groups is 1. The lowest BCUT2D eigenvalue weighted by Gasteiger charge is -2.19. The molecule has 90 valence electrons. The van der Waals surface area contributed by atoms with Gasteiger partial charge in [-0.3, -0.25) is 10.7 Å². The summed E-state index contributed by atoms with van der Waals surface area (Å²) in [5.41, 5.74) is 5.92. The first kappa shape index (κ1) is 14.8. The molecule has 0 aliphatic carbocycles. The van der Waals surface area contributed by atoms with E-state index in [-0.39, 0.29) is 12.4 Å². The molecule has 0 spiro atoms. The maximum atomic E-state index is 5.92. The fourth-order valence-corrected chi connectivity index (χ4v) is 2.48. The highest BCUT2D eigenvalue weighted by molar-refractivity contribution is 5.74. The Kier molecular flexibility index (Phi) is 7.85. The molecule has 2 nitrogen and oxygen atoms in total. The monoisotopic (exact) mass is 232 g/mol. The quantitative estimate of drug-likeness (QED) is 0.590. The number of hydrogen-bond acceptors (Lipinski definition) is 1. The predicted molar refractivity (Wildman–Crippen MR) is 61.1 cm³/mol. The summed E-state index contributed by atoms with van der Waals surface area (Å²) >= 11 is 0. The van der Waals surface area contributed by atoms with Gasteiger partial charge in [-0.2, -0.15) is 0 Å². The molecule has 0 aromatic rings. The van der Waals surface area contributed by atoms with Gasteiger partial charge in [-0.05, 0) is 38.0 Å². The Hall–Kier alpha value is -0.240. The van der Waals surface area contributed by atoms with E-state index in [1.807, 2.05) is 0 Å². The lowest BCUT2D eigenvalue weighted by atomic mass is 9.90. The van der Waals surface area contributed by atoms with Gasteiger partial charge in [-0.15, -0.1) is 0 Å². The minimum absolute atomic E-state index is 0. The summed E-state index contributed by atoms with van der Waals surface area (Å²) in [6.07, 6.45) is 8.87. The highest BCUT2D eigenvalue weighted by Gasteiger charge is 2.22. The Bertz CT molecular complexity index is 192. The van der Waals surface area contributed by atoms with E-state index >= 15 is 0 Å². The van der Waals surface area contributed by atoms with Crippen LogP contribution < -0.4 is 23.1 Å². The van der Waals surface area contributed by atoms with Crippen LogP contribution in [-0.2, 0) is 0 Å². The van der Waals surface area contributed by atoms with Gasteiger partial charge in [-0.25, -0.2) is 0 Å². The van der Waals surface area contributed by atoms with Crippen molar-refractivity contribution < 1.29 is 17.4 Å². The van der Waals surface area contributed by atoms with Crippen LogP contribution in [0.1, 0.15) is 58.8 Å². The SMILES string of the molecule is CCCC(CC)C1CCCCC(N)=[NH+]1.[Cl-]. The molecule has 0 aromatic heterocycles. The van der Waals surface area contributed by atoms with Gasteiger partial charge in [0.15, 0.2) is 0 Å². The Labute approximate surface area is 100 Å². The fraction of sp³-hybridized carbons (Fsp3) is 0.917. The zero-order valence-corrected chi connectivity index (χ0v) is 10.8. The van der Waals surface area contributed by atoms with Crippen LogP contribution in [0, 0.1) is 5.92 Å². The van der Waals surface area contributed by atoms with Gasteiger partial charge in [0.2, 0.25) is 5.84 Å². The molecule has 1 rings (SSSR count). The van der Waals surface area contributed by atoms with E-state index in [1.54, 1.807) is 0 Å². The van der Waals surface area contributed by atoms with Crippen LogP contribution in [0.4, 0.5) is 0 Å². The lowest BCUT2D eigenvalue weighted by Crippen LogP contribution is -3.00. The van der Waals surface area contributed by atoms with Gasteiger partial charge in [0.25, 0.3) is 0 Å². The molecule has 0 aromatic carbocycles. The van der Waals surface area contributed by atoms with Crippen LogP contribution in [0.25, 0.3) is 0 Å². The van der Waals surface area contributed by atoms with Crippen molar-refractivity contribution in [3.8, 4) is 0 Å². The molecule has 1 aliphatic heterocycles. The van der Waals surface area contributed by atoms with Gasteiger partial charge in [0.05, 0.1) is 6.04 Å². The van der Waals surface area contributed by atoms with Gasteiger partial charge >= 0.3 is 0 Å². The zero-order valence-electron chi connectivity index (χ0n) is 10.1. The summed E-state index contributed by atoms with van der Waals surface area (Å²) in [4.78, 5) is 3.51. The number of hydrogen-bond donors (Lipinski definition) is 2. The van der Waals surface area contributed by atoms with Crippen LogP contribution in [0.2, 0.25) is 0 Å². The van der Waals surface area contributed by atoms with Crippen LogP contribution in [-0.4, -0.2) is 11.9 Å². The van der Waals surface area contributed by atoms with E-state index in [0.29, 0.717) is 6.04 Å². The first-order valence-corrected chi connectivity index (χ1v) is 6.15. The third-order valence-corrected chi connectivity index (χ3v) is 3.33. The molecule has 2 unspecified atom stereocenters. The maximum absolute atomic E-state index is 5.92. The van der Waals surface area contributed by atoms with E-state index in [2.05, 4.69) is 18.8 Å². The number of rotatable bonds is 4. The fourth-order valence-electron chi connectivity index (χ4n) is 2.48. The molecule has 0 radical (unpaired) electrons. The van der Waals surface area contributed by atoms with E-state index in [9.17, 15) is 0 Å². The average Bonchev–Trinajstić information content (AvgIpc) is 2.39. The smallest absolute Gasteiger partial charge is 0.240 e. The van der Waals surface area contributed by atoms with E-state index in [0.717, 1.165) is 18.2 Å². The first-order valence-electron chi connectivity index (χ1n) is 6.15. The van der Waals surface area contributed by atoms with E-state index in [4.69, 9.17) is 5.73 Å². The second kappa shape index (κ2) is 7.98. The Balaban J connectivity index is 0.00000196. The second-order valence-electron chi connectivity index (χ2n) is 4.48. The molecule has 0 bridgehead atoms. The van der Waals surface area contributed by atoms with Crippen molar-refractivity contribution in [3.63, 3.8) is 0 Å². The summed E-state index contributed by atoms with van der Waals surface area (Å²) in [7, 11) is 0. The average molecular weight is 233 g/mol. The second-order valence-corrected chi connectivity index (χ2v) is 4.48. The molecule has 1 aliphatic rings. The predicted octanol–water partition coefficient (Wildman–Crippen LogP) is -1.80. The molecule has 0 saturated heterocycles. The molecule has 0 fully saturated rings. The number of nitrogens with one attached hydrogen (secondary N) is 1. The molecule has 0 amide bonds. The van der Waals surface area contributed by atoms with Crippen molar-refractivity contribution >= 4 is 5.84 Å². The molecule has 0 saturated carbocycles. The number of nitrogens with two attached hydrogens (primary N) is 1. The summed E-state index contributed by atoms with van der Waals surface area (Å²) in [5, 5.41) is 0. The molecule has 3 N–H and O–H groups in total. The van der Waals surface area contributed by atoms with Crippen molar-refractivity contribution in [2.24, 2.45) is 11.7 Å². The van der Waals surface area contributed by atoms with Crippen molar-refractivity contribution in [1.82, 2.24) is 0 Å².